The third-order valence-corrected chi connectivity index (χ3v) is 5.12. The van der Waals surface area contributed by atoms with Crippen molar-refractivity contribution < 1.29 is 13.2 Å². The summed E-state index contributed by atoms with van der Waals surface area (Å²) >= 11 is 1.09. The zero-order chi connectivity index (χ0) is 21.2. The van der Waals surface area contributed by atoms with Gasteiger partial charge >= 0.3 is 6.18 Å². The van der Waals surface area contributed by atoms with Crippen molar-refractivity contribution in [1.29, 1.82) is 10.5 Å². The van der Waals surface area contributed by atoms with Crippen molar-refractivity contribution in [2.24, 2.45) is 0 Å². The van der Waals surface area contributed by atoms with Crippen LogP contribution in [0.2, 0.25) is 0 Å². The van der Waals surface area contributed by atoms with Gasteiger partial charge in [0.25, 0.3) is 0 Å². The highest BCUT2D eigenvalue weighted by Gasteiger charge is 2.30. The number of pyridine rings is 1. The summed E-state index contributed by atoms with van der Waals surface area (Å²) in [6.07, 6.45) is -4.50. The van der Waals surface area contributed by atoms with Crippen molar-refractivity contribution in [2.75, 3.05) is 11.5 Å². The highest BCUT2D eigenvalue weighted by molar-refractivity contribution is 7.99. The van der Waals surface area contributed by atoms with E-state index in [0.717, 1.165) is 23.9 Å². The third kappa shape index (κ3) is 3.96. The van der Waals surface area contributed by atoms with Crippen LogP contribution in [0.1, 0.15) is 16.7 Å². The summed E-state index contributed by atoms with van der Waals surface area (Å²) in [7, 11) is 0. The van der Waals surface area contributed by atoms with Crippen molar-refractivity contribution >= 4 is 23.3 Å². The van der Waals surface area contributed by atoms with E-state index < -0.39 is 11.7 Å². The van der Waals surface area contributed by atoms with Gasteiger partial charge in [-0.05, 0) is 29.8 Å². The van der Waals surface area contributed by atoms with E-state index in [4.69, 9.17) is 11.5 Å². The van der Waals surface area contributed by atoms with Crippen molar-refractivity contribution in [1.82, 2.24) is 4.98 Å². The molecule has 0 fully saturated rings. The van der Waals surface area contributed by atoms with Crippen molar-refractivity contribution in [3.8, 4) is 23.3 Å². The highest BCUT2D eigenvalue weighted by atomic mass is 32.2. The van der Waals surface area contributed by atoms with Crippen LogP contribution in [0, 0.1) is 22.7 Å². The van der Waals surface area contributed by atoms with E-state index >= 15 is 0 Å². The molecule has 0 atom stereocenters. The first-order valence-electron chi connectivity index (χ1n) is 8.10. The molecule has 0 amide bonds. The van der Waals surface area contributed by atoms with E-state index in [0.29, 0.717) is 10.6 Å². The van der Waals surface area contributed by atoms with Crippen LogP contribution in [0.15, 0.2) is 58.5 Å². The predicted molar refractivity (Wildman–Crippen MR) is 103 cm³/mol. The molecule has 0 aliphatic heterocycles. The molecule has 0 saturated heterocycles. The molecule has 4 N–H and O–H groups in total. The van der Waals surface area contributed by atoms with Gasteiger partial charge in [0.05, 0.1) is 11.1 Å². The molecule has 0 aliphatic carbocycles. The summed E-state index contributed by atoms with van der Waals surface area (Å²) in [5.41, 5.74) is 11.8. The maximum atomic E-state index is 12.9. The van der Waals surface area contributed by atoms with Gasteiger partial charge < -0.3 is 11.5 Å². The molecule has 1 aromatic heterocycles. The fourth-order valence-electron chi connectivity index (χ4n) is 2.66. The number of hydrogen-bond donors (Lipinski definition) is 2. The molecule has 0 bridgehead atoms. The summed E-state index contributed by atoms with van der Waals surface area (Å²) in [5.74, 6) is -0.126. The molecule has 0 unspecified atom stereocenters. The Morgan fingerprint density at radius 3 is 2.07 bits per heavy atom. The monoisotopic (exact) mass is 411 g/mol. The predicted octanol–water partition coefficient (Wildman–Crippen LogP) is 4.83. The molecule has 144 valence electrons. The molecule has 9 heteroatoms. The van der Waals surface area contributed by atoms with Crippen LogP contribution < -0.4 is 11.5 Å². The second-order valence-electron chi connectivity index (χ2n) is 5.87. The van der Waals surface area contributed by atoms with Gasteiger partial charge in [0.2, 0.25) is 0 Å². The molecule has 5 nitrogen and oxygen atoms in total. The quantitative estimate of drug-likeness (QED) is 0.597. The minimum absolute atomic E-state index is 0.0313. The Kier molecular flexibility index (Phi) is 5.35. The van der Waals surface area contributed by atoms with E-state index in [-0.39, 0.29) is 33.1 Å². The molecule has 0 spiro atoms. The standard InChI is InChI=1S/C20H12F3N5S/c21-20(22,23)12-7-5-11(6-8-12)17-13(9-24)18(27)28-19(14(17)10-25)29-16-4-2-1-3-15(16)26/h1-8H,26H2,(H2,27,28). The zero-order valence-electron chi connectivity index (χ0n) is 14.7. The third-order valence-electron chi connectivity index (χ3n) is 4.04. The Morgan fingerprint density at radius 1 is 0.897 bits per heavy atom. The summed E-state index contributed by atoms with van der Waals surface area (Å²) in [6, 6.07) is 15.0. The Morgan fingerprint density at radius 2 is 1.52 bits per heavy atom. The molecule has 0 aliphatic rings. The Labute approximate surface area is 168 Å². The minimum Gasteiger partial charge on any atom is -0.398 e. The summed E-state index contributed by atoms with van der Waals surface area (Å²) in [5, 5.41) is 19.4. The summed E-state index contributed by atoms with van der Waals surface area (Å²) in [6.45, 7) is 0. The number of para-hydroxylation sites is 1. The average Bonchev–Trinajstić information content (AvgIpc) is 2.68. The van der Waals surface area contributed by atoms with Gasteiger partial charge in [-0.25, -0.2) is 4.98 Å². The lowest BCUT2D eigenvalue weighted by Crippen LogP contribution is -2.05. The van der Waals surface area contributed by atoms with E-state index in [9.17, 15) is 23.7 Å². The van der Waals surface area contributed by atoms with E-state index in [2.05, 4.69) is 4.98 Å². The maximum Gasteiger partial charge on any atom is 0.416 e. The van der Waals surface area contributed by atoms with Crippen molar-refractivity contribution in [3.05, 3.63) is 65.2 Å². The van der Waals surface area contributed by atoms with Crippen LogP contribution in [-0.4, -0.2) is 4.98 Å². The van der Waals surface area contributed by atoms with Gasteiger partial charge in [-0.2, -0.15) is 23.7 Å². The number of nitrogens with two attached hydrogens (primary N) is 2. The van der Waals surface area contributed by atoms with Crippen LogP contribution in [-0.2, 0) is 6.18 Å². The zero-order valence-corrected chi connectivity index (χ0v) is 15.5. The number of benzene rings is 2. The molecule has 3 aromatic rings. The van der Waals surface area contributed by atoms with Crippen molar-refractivity contribution in [2.45, 2.75) is 16.1 Å². The second kappa shape index (κ2) is 7.74. The lowest BCUT2D eigenvalue weighted by atomic mass is 9.96. The number of nitriles is 2. The SMILES string of the molecule is N#Cc1c(N)nc(Sc2ccccc2N)c(C#N)c1-c1ccc(C(F)(F)F)cc1. The summed E-state index contributed by atoms with van der Waals surface area (Å²) in [4.78, 5) is 4.78. The molecular formula is C20H12F3N5S. The number of alkyl halides is 3. The number of hydrogen-bond acceptors (Lipinski definition) is 6. The number of nitrogens with zero attached hydrogens (tertiary/aromatic N) is 3. The fourth-order valence-corrected chi connectivity index (χ4v) is 3.60. The van der Waals surface area contributed by atoms with Gasteiger partial charge in [0.1, 0.15) is 28.5 Å². The van der Waals surface area contributed by atoms with Crippen LogP contribution in [0.3, 0.4) is 0 Å². The molecule has 2 aromatic carbocycles. The minimum atomic E-state index is -4.50. The summed E-state index contributed by atoms with van der Waals surface area (Å²) < 4.78 is 38.6. The number of halogens is 3. The average molecular weight is 411 g/mol. The van der Waals surface area contributed by atoms with Crippen LogP contribution >= 0.6 is 11.8 Å². The lowest BCUT2D eigenvalue weighted by Gasteiger charge is -2.14. The topological polar surface area (TPSA) is 113 Å². The van der Waals surface area contributed by atoms with Crippen LogP contribution in [0.25, 0.3) is 11.1 Å². The Hall–Kier alpha value is -3.69. The molecule has 0 saturated carbocycles. The fraction of sp³-hybridized carbons (Fsp3) is 0.0500. The van der Waals surface area contributed by atoms with Crippen LogP contribution in [0.5, 0.6) is 0 Å². The van der Waals surface area contributed by atoms with Gasteiger partial charge in [-0.1, -0.05) is 36.0 Å². The molecule has 0 radical (unpaired) electrons. The number of nitrogen functional groups attached to an aromatic ring is 2. The first-order valence-corrected chi connectivity index (χ1v) is 8.91. The Balaban J connectivity index is 2.21. The number of rotatable bonds is 3. The first-order chi connectivity index (χ1) is 13.8. The number of anilines is 2. The Bertz CT molecular complexity index is 1160. The number of aromatic nitrogens is 1. The molecule has 3 rings (SSSR count). The second-order valence-corrected chi connectivity index (χ2v) is 6.90. The normalized spacial score (nSPS) is 10.9. The van der Waals surface area contributed by atoms with Crippen molar-refractivity contribution in [3.63, 3.8) is 0 Å². The van der Waals surface area contributed by atoms with E-state index in [1.807, 2.05) is 12.1 Å². The van der Waals surface area contributed by atoms with Gasteiger partial charge in [0.15, 0.2) is 0 Å². The van der Waals surface area contributed by atoms with Gasteiger partial charge in [-0.15, -0.1) is 0 Å². The van der Waals surface area contributed by atoms with E-state index in [1.54, 1.807) is 24.3 Å². The molecule has 1 heterocycles. The van der Waals surface area contributed by atoms with Gasteiger partial charge in [0, 0.05) is 16.1 Å². The molecular weight excluding hydrogens is 399 g/mol. The van der Waals surface area contributed by atoms with E-state index in [1.165, 1.54) is 12.1 Å². The largest absolute Gasteiger partial charge is 0.416 e. The van der Waals surface area contributed by atoms with Gasteiger partial charge in [-0.3, -0.25) is 0 Å². The maximum absolute atomic E-state index is 12.9. The van der Waals surface area contributed by atoms with Crippen LogP contribution in [0.4, 0.5) is 24.7 Å². The first kappa shape index (κ1) is 20.1. The smallest absolute Gasteiger partial charge is 0.398 e. The molecule has 29 heavy (non-hydrogen) atoms. The lowest BCUT2D eigenvalue weighted by molar-refractivity contribution is -0.137. The highest BCUT2D eigenvalue weighted by Crippen LogP contribution is 2.40.